The first-order valence-electron chi connectivity index (χ1n) is 23.1. The normalized spacial score (nSPS) is 18.5. The zero-order chi connectivity index (χ0) is 49.1. The zero-order valence-electron chi connectivity index (χ0n) is 40.4. The minimum absolute atomic E-state index is 0.0559. The number of methoxy groups -OCH3 is 2. The Kier molecular flexibility index (Phi) is 23.4. The van der Waals surface area contributed by atoms with Crippen LogP contribution in [0.1, 0.15) is 85.1 Å². The van der Waals surface area contributed by atoms with Gasteiger partial charge in [0, 0.05) is 40.8 Å². The van der Waals surface area contributed by atoms with Gasteiger partial charge >= 0.3 is 5.97 Å². The number of carbonyl (C=O) groups excluding carboxylic acids is 5. The summed E-state index contributed by atoms with van der Waals surface area (Å²) in [5.41, 5.74) is 0.726. The molecule has 8 unspecified atom stereocenters. The number of hydrogen-bond donors (Lipinski definition) is 4. The molecule has 2 aliphatic rings. The van der Waals surface area contributed by atoms with Crippen molar-refractivity contribution in [2.24, 2.45) is 17.8 Å². The molecule has 1 aliphatic carbocycles. The molecular weight excluding hydrogens is 877 g/mol. The Morgan fingerprint density at radius 2 is 1.53 bits per heavy atom. The topological polar surface area (TPSA) is 240 Å². The number of carbonyl (C=O) groups is 6. The molecule has 66 heavy (non-hydrogen) atoms. The standard InChI is InChI=1S/C46H76N6O13S/c1-10-31(4)42(51(7)39(54)29-47-46(59)41(30(2)3)50(6)22-24-65-26-25-64-23-20-40(55)56)37(62-8)28-38(53)52-21-14-17-36(52)43(63-9)32(5)44(57)48-35(27-33-15-12-11-13-16-33)45(58)49-66(60,61)34-18-19-34/h11-13,15-16,30-32,34-37,41-43H,10,14,17-29H2,1-9H3,(H,47,59)(H,48,57)(H,49,58)(H,55,56). The molecule has 19 nitrogen and oxygen atoms in total. The van der Waals surface area contributed by atoms with Crippen LogP contribution in [0.4, 0.5) is 0 Å². The summed E-state index contributed by atoms with van der Waals surface area (Å²) in [7, 11) is 2.53. The summed E-state index contributed by atoms with van der Waals surface area (Å²) in [6.07, 6.45) is 1.20. The number of likely N-dealkylation sites (N-methyl/N-ethyl adjacent to an activating group) is 2. The highest BCUT2D eigenvalue weighted by molar-refractivity contribution is 7.90. The van der Waals surface area contributed by atoms with E-state index < -0.39 is 75.4 Å². The molecule has 1 aromatic carbocycles. The lowest BCUT2D eigenvalue weighted by molar-refractivity contribution is -0.146. The van der Waals surface area contributed by atoms with E-state index in [2.05, 4.69) is 15.4 Å². The molecule has 8 atom stereocenters. The molecule has 0 radical (unpaired) electrons. The first-order valence-corrected chi connectivity index (χ1v) is 24.7. The quantitative estimate of drug-likeness (QED) is 0.0778. The summed E-state index contributed by atoms with van der Waals surface area (Å²) in [4.78, 5) is 84.6. The van der Waals surface area contributed by atoms with E-state index in [0.29, 0.717) is 51.8 Å². The van der Waals surface area contributed by atoms with Crippen LogP contribution >= 0.6 is 0 Å². The van der Waals surface area contributed by atoms with Crippen LogP contribution in [-0.4, -0.2) is 180 Å². The lowest BCUT2D eigenvalue weighted by Crippen LogP contribution is -2.56. The zero-order valence-corrected chi connectivity index (χ0v) is 41.2. The highest BCUT2D eigenvalue weighted by atomic mass is 32.2. The van der Waals surface area contributed by atoms with E-state index in [1.165, 1.54) is 14.2 Å². The molecule has 0 spiro atoms. The SMILES string of the molecule is CCC(C)C(C(CC(=O)N1CCCC1C(OC)C(C)C(=O)NC(Cc1ccccc1)C(=O)NS(=O)(=O)C1CC1)OC)N(C)C(=O)CNC(=O)C(C(C)C)N(C)CCOCCOCCC(=O)O. The van der Waals surface area contributed by atoms with Gasteiger partial charge in [0.1, 0.15) is 6.04 Å². The molecule has 3 rings (SSSR count). The van der Waals surface area contributed by atoms with Crippen LogP contribution in [0.25, 0.3) is 0 Å². The largest absolute Gasteiger partial charge is 0.481 e. The summed E-state index contributed by atoms with van der Waals surface area (Å²) < 4.78 is 50.3. The first-order chi connectivity index (χ1) is 31.3. The van der Waals surface area contributed by atoms with E-state index in [0.717, 1.165) is 5.56 Å². The maximum Gasteiger partial charge on any atom is 0.305 e. The third-order valence-corrected chi connectivity index (χ3v) is 14.5. The van der Waals surface area contributed by atoms with Gasteiger partial charge in [0.05, 0.1) is 87.3 Å². The molecular formula is C46H76N6O13S. The van der Waals surface area contributed by atoms with Crippen LogP contribution in [0.15, 0.2) is 30.3 Å². The molecule has 2 fully saturated rings. The van der Waals surface area contributed by atoms with Crippen LogP contribution in [0.2, 0.25) is 0 Å². The van der Waals surface area contributed by atoms with E-state index in [9.17, 15) is 37.2 Å². The van der Waals surface area contributed by atoms with Gasteiger partial charge in [-0.25, -0.2) is 8.42 Å². The van der Waals surface area contributed by atoms with E-state index in [4.69, 9.17) is 24.1 Å². The van der Waals surface area contributed by atoms with E-state index in [-0.39, 0.29) is 75.2 Å². The summed E-state index contributed by atoms with van der Waals surface area (Å²) in [5.74, 6) is -4.27. The van der Waals surface area contributed by atoms with Crippen LogP contribution in [-0.2, 0) is 64.2 Å². The monoisotopic (exact) mass is 953 g/mol. The van der Waals surface area contributed by atoms with Crippen molar-refractivity contribution >= 4 is 45.5 Å². The van der Waals surface area contributed by atoms with Crippen molar-refractivity contribution in [3.63, 3.8) is 0 Å². The maximum atomic E-state index is 14.3. The van der Waals surface area contributed by atoms with Gasteiger partial charge in [-0.1, -0.05) is 71.4 Å². The average Bonchev–Trinajstić information content (AvgIpc) is 4.04. The van der Waals surface area contributed by atoms with Crippen LogP contribution in [0, 0.1) is 17.8 Å². The Hall–Kier alpha value is -4.21. The molecule has 1 heterocycles. The summed E-state index contributed by atoms with van der Waals surface area (Å²) >= 11 is 0. The van der Waals surface area contributed by atoms with Gasteiger partial charge < -0.3 is 44.5 Å². The Morgan fingerprint density at radius 3 is 2.11 bits per heavy atom. The van der Waals surface area contributed by atoms with Crippen molar-refractivity contribution < 1.29 is 61.2 Å². The molecule has 20 heteroatoms. The van der Waals surface area contributed by atoms with Crippen LogP contribution in [0.5, 0.6) is 0 Å². The Labute approximate surface area is 391 Å². The molecule has 0 bridgehead atoms. The number of nitrogens with one attached hydrogen (secondary N) is 3. The lowest BCUT2D eigenvalue weighted by atomic mass is 9.90. The number of benzene rings is 1. The van der Waals surface area contributed by atoms with Crippen molar-refractivity contribution in [3.8, 4) is 0 Å². The van der Waals surface area contributed by atoms with Gasteiger partial charge in [0.25, 0.3) is 5.91 Å². The minimum atomic E-state index is -3.88. The van der Waals surface area contributed by atoms with Gasteiger partial charge in [-0.2, -0.15) is 0 Å². The minimum Gasteiger partial charge on any atom is -0.481 e. The van der Waals surface area contributed by atoms with Crippen molar-refractivity contribution in [1.29, 1.82) is 0 Å². The predicted octanol–water partition coefficient (Wildman–Crippen LogP) is 1.82. The van der Waals surface area contributed by atoms with E-state index in [1.807, 2.05) is 38.7 Å². The number of aliphatic carboxylic acids is 1. The molecule has 4 N–H and O–H groups in total. The average molecular weight is 953 g/mol. The fourth-order valence-electron chi connectivity index (χ4n) is 8.59. The number of hydrogen-bond acceptors (Lipinski definition) is 13. The van der Waals surface area contributed by atoms with Gasteiger partial charge in [-0.3, -0.25) is 38.4 Å². The number of sulfonamides is 1. The van der Waals surface area contributed by atoms with Crippen molar-refractivity contribution in [3.05, 3.63) is 35.9 Å². The number of likely N-dealkylation sites (tertiary alicyclic amines) is 1. The predicted molar refractivity (Wildman–Crippen MR) is 246 cm³/mol. The summed E-state index contributed by atoms with van der Waals surface area (Å²) in [5, 5.41) is 13.7. The van der Waals surface area contributed by atoms with Crippen LogP contribution < -0.4 is 15.4 Å². The molecule has 5 amide bonds. The third kappa shape index (κ3) is 17.1. The van der Waals surface area contributed by atoms with E-state index >= 15 is 0 Å². The van der Waals surface area contributed by atoms with Crippen molar-refractivity contribution in [1.82, 2.24) is 30.1 Å². The number of carboxylic acid groups (broad SMARTS) is 1. The van der Waals surface area contributed by atoms with Gasteiger partial charge in [-0.15, -0.1) is 0 Å². The smallest absolute Gasteiger partial charge is 0.305 e. The Balaban J connectivity index is 1.65. The molecule has 1 aromatic rings. The molecule has 374 valence electrons. The van der Waals surface area contributed by atoms with Crippen molar-refractivity contribution in [2.75, 3.05) is 74.4 Å². The highest BCUT2D eigenvalue weighted by Crippen LogP contribution is 2.30. The van der Waals surface area contributed by atoms with E-state index in [1.54, 1.807) is 55.1 Å². The fourth-order valence-corrected chi connectivity index (χ4v) is 9.94. The second kappa shape index (κ2) is 27.6. The number of nitrogens with zero attached hydrogens (tertiary/aromatic N) is 3. The summed E-state index contributed by atoms with van der Waals surface area (Å²) in [6.45, 7) is 10.9. The molecule has 1 aliphatic heterocycles. The van der Waals surface area contributed by atoms with Gasteiger partial charge in [0.15, 0.2) is 0 Å². The second-order valence-electron chi connectivity index (χ2n) is 17.9. The Morgan fingerprint density at radius 1 is 0.879 bits per heavy atom. The number of rotatable bonds is 31. The van der Waals surface area contributed by atoms with Gasteiger partial charge in [-0.05, 0) is 50.1 Å². The summed E-state index contributed by atoms with van der Waals surface area (Å²) in [6, 6.07) is 6.18. The van der Waals surface area contributed by atoms with Crippen molar-refractivity contribution in [2.45, 2.75) is 128 Å². The first kappa shape index (κ1) is 56.1. The van der Waals surface area contributed by atoms with Crippen LogP contribution in [0.3, 0.4) is 0 Å². The number of ether oxygens (including phenoxy) is 4. The molecule has 0 aromatic heterocycles. The Bertz CT molecular complexity index is 1840. The van der Waals surface area contributed by atoms with Gasteiger partial charge in [0.2, 0.25) is 33.7 Å². The fraction of sp³-hybridized carbons (Fsp3) is 0.739. The third-order valence-electron chi connectivity index (χ3n) is 12.6. The molecule has 1 saturated carbocycles. The highest BCUT2D eigenvalue weighted by Gasteiger charge is 2.43. The second-order valence-corrected chi connectivity index (χ2v) is 19.8. The number of amides is 5. The lowest BCUT2D eigenvalue weighted by Gasteiger charge is -2.39. The maximum absolute atomic E-state index is 14.3. The molecule has 1 saturated heterocycles. The number of carboxylic acids is 1.